The monoisotopic (exact) mass is 238 g/mol. The Morgan fingerprint density at radius 3 is 3.00 bits per heavy atom. The van der Waals surface area contributed by atoms with Crippen LogP contribution in [0.1, 0.15) is 23.0 Å². The largest absolute Gasteiger partial charge is 0.462 e. The molecule has 0 spiro atoms. The van der Waals surface area contributed by atoms with E-state index in [0.29, 0.717) is 16.9 Å². The molecule has 0 amide bonds. The Morgan fingerprint density at radius 2 is 2.31 bits per heavy atom. The zero-order chi connectivity index (χ0) is 11.5. The first-order valence-corrected chi connectivity index (χ1v) is 5.89. The summed E-state index contributed by atoms with van der Waals surface area (Å²) >= 11 is 1.26. The molecule has 4 heteroatoms. The molecule has 2 aromatic rings. The molecular formula is C12H11FO2S. The molecule has 0 aliphatic carbocycles. The number of esters is 1. The van der Waals surface area contributed by atoms with Crippen molar-refractivity contribution in [1.29, 1.82) is 0 Å². The fourth-order valence-corrected chi connectivity index (χ4v) is 2.36. The molecule has 16 heavy (non-hydrogen) atoms. The molecule has 0 fully saturated rings. The van der Waals surface area contributed by atoms with Crippen LogP contribution < -0.4 is 0 Å². The number of carbonyl (C=O) groups excluding carboxylic acids is 1. The third-order valence-corrected chi connectivity index (χ3v) is 3.23. The molecule has 0 saturated heterocycles. The summed E-state index contributed by atoms with van der Waals surface area (Å²) < 4.78 is 19.1. The fraction of sp³-hybridized carbons (Fsp3) is 0.250. The first kappa shape index (κ1) is 11.1. The van der Waals surface area contributed by atoms with Crippen LogP contribution in [0.4, 0.5) is 4.39 Å². The van der Waals surface area contributed by atoms with Crippen molar-refractivity contribution in [1.82, 2.24) is 0 Å². The summed E-state index contributed by atoms with van der Waals surface area (Å²) in [6.45, 7) is 2.33. The molecular weight excluding hydrogens is 227 g/mol. The van der Waals surface area contributed by atoms with E-state index in [-0.39, 0.29) is 11.8 Å². The van der Waals surface area contributed by atoms with Gasteiger partial charge in [0.15, 0.2) is 0 Å². The van der Waals surface area contributed by atoms with Gasteiger partial charge in [0.2, 0.25) is 0 Å². The predicted molar refractivity (Wildman–Crippen MR) is 62.4 cm³/mol. The van der Waals surface area contributed by atoms with Gasteiger partial charge < -0.3 is 4.74 Å². The van der Waals surface area contributed by atoms with Crippen molar-refractivity contribution in [3.63, 3.8) is 0 Å². The van der Waals surface area contributed by atoms with Crippen molar-refractivity contribution >= 4 is 27.4 Å². The number of ether oxygens (including phenoxy) is 1. The standard InChI is InChI=1S/C12H11FO2S/c1-2-6-15-12(14)11-7-8-9(13)4-3-5-10(8)16-11/h3-5,7H,2,6H2,1H3. The Bertz CT molecular complexity index is 519. The number of carbonyl (C=O) groups is 1. The summed E-state index contributed by atoms with van der Waals surface area (Å²) in [7, 11) is 0. The number of hydrogen-bond acceptors (Lipinski definition) is 3. The van der Waals surface area contributed by atoms with Crippen LogP contribution in [0.5, 0.6) is 0 Å². The molecule has 0 bridgehead atoms. The highest BCUT2D eigenvalue weighted by atomic mass is 32.1. The number of halogens is 1. The van der Waals surface area contributed by atoms with E-state index < -0.39 is 0 Å². The molecule has 1 aromatic heterocycles. The lowest BCUT2D eigenvalue weighted by Gasteiger charge is -1.98. The molecule has 2 rings (SSSR count). The molecule has 84 valence electrons. The number of hydrogen-bond donors (Lipinski definition) is 0. The van der Waals surface area contributed by atoms with E-state index in [2.05, 4.69) is 0 Å². The SMILES string of the molecule is CCCOC(=O)c1cc2c(F)cccc2s1. The third kappa shape index (κ3) is 2.07. The van der Waals surface area contributed by atoms with Crippen LogP contribution in [0.2, 0.25) is 0 Å². The van der Waals surface area contributed by atoms with E-state index in [1.807, 2.05) is 6.92 Å². The molecule has 2 nitrogen and oxygen atoms in total. The van der Waals surface area contributed by atoms with E-state index in [4.69, 9.17) is 4.74 Å². The van der Waals surface area contributed by atoms with E-state index >= 15 is 0 Å². The highest BCUT2D eigenvalue weighted by molar-refractivity contribution is 7.20. The first-order valence-electron chi connectivity index (χ1n) is 5.07. The maximum atomic E-state index is 13.4. The molecule has 0 atom stereocenters. The van der Waals surface area contributed by atoms with Crippen LogP contribution >= 0.6 is 11.3 Å². The predicted octanol–water partition coefficient (Wildman–Crippen LogP) is 3.61. The lowest BCUT2D eigenvalue weighted by atomic mass is 10.2. The Morgan fingerprint density at radius 1 is 1.50 bits per heavy atom. The van der Waals surface area contributed by atoms with Crippen molar-refractivity contribution in [2.75, 3.05) is 6.61 Å². The third-order valence-electron chi connectivity index (χ3n) is 2.15. The minimum Gasteiger partial charge on any atom is -0.462 e. The second-order valence-corrected chi connectivity index (χ2v) is 4.48. The van der Waals surface area contributed by atoms with E-state index in [0.717, 1.165) is 11.1 Å². The molecule has 0 saturated carbocycles. The number of rotatable bonds is 3. The van der Waals surface area contributed by atoms with Crippen LogP contribution in [0, 0.1) is 5.82 Å². The summed E-state index contributed by atoms with van der Waals surface area (Å²) in [6, 6.07) is 6.36. The van der Waals surface area contributed by atoms with Crippen LogP contribution in [-0.2, 0) is 4.74 Å². The molecule has 0 aliphatic rings. The summed E-state index contributed by atoms with van der Waals surface area (Å²) in [4.78, 5) is 12.0. The van der Waals surface area contributed by atoms with Crippen LogP contribution in [-0.4, -0.2) is 12.6 Å². The fourth-order valence-electron chi connectivity index (χ4n) is 1.39. The Labute approximate surface area is 96.7 Å². The molecule has 0 N–H and O–H groups in total. The average Bonchev–Trinajstić information content (AvgIpc) is 2.71. The maximum Gasteiger partial charge on any atom is 0.348 e. The van der Waals surface area contributed by atoms with Crippen molar-refractivity contribution < 1.29 is 13.9 Å². The molecule has 1 aromatic carbocycles. The Balaban J connectivity index is 2.32. The smallest absolute Gasteiger partial charge is 0.348 e. The van der Waals surface area contributed by atoms with Gasteiger partial charge in [0.25, 0.3) is 0 Å². The van der Waals surface area contributed by atoms with Gasteiger partial charge in [0, 0.05) is 10.1 Å². The van der Waals surface area contributed by atoms with Gasteiger partial charge in [-0.3, -0.25) is 0 Å². The maximum absolute atomic E-state index is 13.4. The van der Waals surface area contributed by atoms with Crippen LogP contribution in [0.15, 0.2) is 24.3 Å². The summed E-state index contributed by atoms with van der Waals surface area (Å²) in [5, 5.41) is 0.482. The van der Waals surface area contributed by atoms with Gasteiger partial charge in [0.1, 0.15) is 10.7 Å². The van der Waals surface area contributed by atoms with Gasteiger partial charge in [-0.25, -0.2) is 9.18 Å². The Kier molecular flexibility index (Phi) is 3.19. The highest BCUT2D eigenvalue weighted by Crippen LogP contribution is 2.27. The molecule has 1 heterocycles. The second kappa shape index (κ2) is 4.61. The minimum atomic E-state index is -0.373. The van der Waals surface area contributed by atoms with E-state index in [9.17, 15) is 9.18 Å². The lowest BCUT2D eigenvalue weighted by Crippen LogP contribution is -2.03. The van der Waals surface area contributed by atoms with E-state index in [1.54, 1.807) is 18.2 Å². The Hall–Kier alpha value is -1.42. The molecule has 0 aliphatic heterocycles. The van der Waals surface area contributed by atoms with Crippen molar-refractivity contribution in [3.05, 3.63) is 35.0 Å². The van der Waals surface area contributed by atoms with Crippen molar-refractivity contribution in [2.24, 2.45) is 0 Å². The summed E-state index contributed by atoms with van der Waals surface area (Å²) in [5.41, 5.74) is 0. The number of thiophene rings is 1. The quantitative estimate of drug-likeness (QED) is 0.763. The highest BCUT2D eigenvalue weighted by Gasteiger charge is 2.12. The zero-order valence-electron chi connectivity index (χ0n) is 8.83. The van der Waals surface area contributed by atoms with Gasteiger partial charge in [-0.1, -0.05) is 13.0 Å². The first-order chi connectivity index (χ1) is 7.72. The van der Waals surface area contributed by atoms with Crippen LogP contribution in [0.25, 0.3) is 10.1 Å². The van der Waals surface area contributed by atoms with Gasteiger partial charge in [-0.05, 0) is 24.6 Å². The number of fused-ring (bicyclic) bond motifs is 1. The number of benzene rings is 1. The summed E-state index contributed by atoms with van der Waals surface area (Å²) in [5.74, 6) is -0.675. The average molecular weight is 238 g/mol. The normalized spacial score (nSPS) is 10.6. The van der Waals surface area contributed by atoms with Crippen LogP contribution in [0.3, 0.4) is 0 Å². The van der Waals surface area contributed by atoms with Gasteiger partial charge >= 0.3 is 5.97 Å². The van der Waals surface area contributed by atoms with Gasteiger partial charge in [-0.15, -0.1) is 11.3 Å². The summed E-state index contributed by atoms with van der Waals surface area (Å²) in [6.07, 6.45) is 0.783. The minimum absolute atomic E-state index is 0.303. The van der Waals surface area contributed by atoms with Crippen molar-refractivity contribution in [3.8, 4) is 0 Å². The van der Waals surface area contributed by atoms with Crippen molar-refractivity contribution in [2.45, 2.75) is 13.3 Å². The zero-order valence-corrected chi connectivity index (χ0v) is 9.64. The lowest BCUT2D eigenvalue weighted by molar-refractivity contribution is 0.0511. The van der Waals surface area contributed by atoms with Gasteiger partial charge in [-0.2, -0.15) is 0 Å². The molecule has 0 radical (unpaired) electrons. The van der Waals surface area contributed by atoms with E-state index in [1.165, 1.54) is 17.4 Å². The second-order valence-electron chi connectivity index (χ2n) is 3.40. The topological polar surface area (TPSA) is 26.3 Å². The molecule has 0 unspecified atom stereocenters. The van der Waals surface area contributed by atoms with Gasteiger partial charge in [0.05, 0.1) is 6.61 Å².